The van der Waals surface area contributed by atoms with Gasteiger partial charge >= 0.3 is 0 Å². The Bertz CT molecular complexity index is 731. The fourth-order valence-electron chi connectivity index (χ4n) is 3.44. The summed E-state index contributed by atoms with van der Waals surface area (Å²) in [5, 5.41) is 6.86. The van der Waals surface area contributed by atoms with E-state index in [9.17, 15) is 0 Å². The molecule has 1 aliphatic rings. The van der Waals surface area contributed by atoms with Crippen LogP contribution >= 0.6 is 0 Å². The second-order valence-corrected chi connectivity index (χ2v) is 5.60. The number of nitrogens with one attached hydrogen (secondary N) is 1. The lowest BCUT2D eigenvalue weighted by Gasteiger charge is -2.22. The summed E-state index contributed by atoms with van der Waals surface area (Å²) in [5.41, 5.74) is 3.46. The minimum atomic E-state index is 0.597. The molecule has 19 heavy (non-hydrogen) atoms. The molecule has 4 rings (SSSR count). The summed E-state index contributed by atoms with van der Waals surface area (Å²) in [6, 6.07) is 2.09. The summed E-state index contributed by atoms with van der Waals surface area (Å²) in [5.74, 6) is 0.597. The molecule has 0 aliphatic heterocycles. The number of hydrogen-bond acceptors (Lipinski definition) is 2. The van der Waals surface area contributed by atoms with Crippen LogP contribution in [0.4, 0.5) is 0 Å². The minimum Gasteiger partial charge on any atom is -0.346 e. The molecule has 1 aliphatic carbocycles. The zero-order chi connectivity index (χ0) is 12.8. The smallest absolute Gasteiger partial charge is 0.138 e. The topological polar surface area (TPSA) is 46.5 Å². The lowest BCUT2D eigenvalue weighted by atomic mass is 9.86. The first-order valence-corrected chi connectivity index (χ1v) is 7.13. The first kappa shape index (κ1) is 11.0. The zero-order valence-corrected chi connectivity index (χ0v) is 11.2. The second-order valence-electron chi connectivity index (χ2n) is 5.60. The van der Waals surface area contributed by atoms with E-state index in [1.807, 2.05) is 24.1 Å². The van der Waals surface area contributed by atoms with Gasteiger partial charge in [0, 0.05) is 29.9 Å². The van der Waals surface area contributed by atoms with E-state index in [1.54, 1.807) is 0 Å². The third kappa shape index (κ3) is 1.59. The van der Waals surface area contributed by atoms with Gasteiger partial charge in [0.15, 0.2) is 0 Å². The molecule has 0 amide bonds. The Morgan fingerprint density at radius 1 is 1.21 bits per heavy atom. The van der Waals surface area contributed by atoms with Gasteiger partial charge in [-0.25, -0.2) is 4.98 Å². The molecular weight excluding hydrogens is 236 g/mol. The lowest BCUT2D eigenvalue weighted by Crippen LogP contribution is -2.09. The van der Waals surface area contributed by atoms with Gasteiger partial charge in [-0.1, -0.05) is 19.3 Å². The van der Waals surface area contributed by atoms with Crippen molar-refractivity contribution in [2.24, 2.45) is 7.05 Å². The zero-order valence-electron chi connectivity index (χ0n) is 11.2. The van der Waals surface area contributed by atoms with E-state index in [4.69, 9.17) is 4.98 Å². The Morgan fingerprint density at radius 2 is 2.05 bits per heavy atom. The fourth-order valence-corrected chi connectivity index (χ4v) is 3.44. The van der Waals surface area contributed by atoms with E-state index < -0.39 is 0 Å². The summed E-state index contributed by atoms with van der Waals surface area (Å²) < 4.78 is 1.98. The summed E-state index contributed by atoms with van der Waals surface area (Å²) in [4.78, 5) is 8.16. The van der Waals surface area contributed by atoms with Crippen molar-refractivity contribution in [1.82, 2.24) is 19.7 Å². The molecule has 3 heterocycles. The molecule has 0 unspecified atom stereocenters. The molecule has 1 saturated carbocycles. The number of H-pyrrole nitrogens is 1. The maximum atomic E-state index is 4.90. The first-order chi connectivity index (χ1) is 9.34. The number of pyridine rings is 1. The van der Waals surface area contributed by atoms with Gasteiger partial charge in [-0.05, 0) is 18.9 Å². The number of hydrogen-bond donors (Lipinski definition) is 1. The second kappa shape index (κ2) is 4.08. The molecule has 3 aromatic rings. The maximum Gasteiger partial charge on any atom is 0.138 e. The Balaban J connectivity index is 2.02. The number of aromatic amines is 1. The van der Waals surface area contributed by atoms with Crippen molar-refractivity contribution in [2.75, 3.05) is 0 Å². The number of nitrogens with zero attached hydrogens (tertiary/aromatic N) is 3. The molecule has 0 bridgehead atoms. The predicted molar refractivity (Wildman–Crippen MR) is 76.2 cm³/mol. The van der Waals surface area contributed by atoms with Crippen LogP contribution in [0.3, 0.4) is 0 Å². The molecule has 3 aromatic heterocycles. The molecule has 1 fully saturated rings. The van der Waals surface area contributed by atoms with Gasteiger partial charge < -0.3 is 4.98 Å². The van der Waals surface area contributed by atoms with Crippen LogP contribution in [0.25, 0.3) is 21.9 Å². The van der Waals surface area contributed by atoms with Crippen LogP contribution in [0.2, 0.25) is 0 Å². The van der Waals surface area contributed by atoms with Crippen molar-refractivity contribution >= 4 is 21.9 Å². The van der Waals surface area contributed by atoms with Gasteiger partial charge in [0.05, 0.1) is 17.4 Å². The molecule has 0 radical (unpaired) electrons. The molecule has 0 atom stereocenters. The number of aromatic nitrogens is 4. The van der Waals surface area contributed by atoms with Gasteiger partial charge in [0.25, 0.3) is 0 Å². The molecule has 4 heteroatoms. The number of rotatable bonds is 1. The van der Waals surface area contributed by atoms with Crippen molar-refractivity contribution in [3.63, 3.8) is 0 Å². The quantitative estimate of drug-likeness (QED) is 0.722. The monoisotopic (exact) mass is 254 g/mol. The van der Waals surface area contributed by atoms with Crippen molar-refractivity contribution in [3.05, 3.63) is 24.2 Å². The largest absolute Gasteiger partial charge is 0.346 e. The normalized spacial score (nSPS) is 17.5. The van der Waals surface area contributed by atoms with Gasteiger partial charge in [-0.15, -0.1) is 0 Å². The van der Waals surface area contributed by atoms with Gasteiger partial charge in [-0.2, -0.15) is 5.10 Å². The average Bonchev–Trinajstić information content (AvgIpc) is 3.05. The predicted octanol–water partition coefficient (Wildman–Crippen LogP) is 3.50. The van der Waals surface area contributed by atoms with E-state index in [1.165, 1.54) is 54.1 Å². The highest BCUT2D eigenvalue weighted by atomic mass is 15.3. The van der Waals surface area contributed by atoms with Gasteiger partial charge in [0.2, 0.25) is 0 Å². The van der Waals surface area contributed by atoms with Gasteiger partial charge in [0.1, 0.15) is 5.65 Å². The average molecular weight is 254 g/mol. The molecular formula is C15H18N4. The third-order valence-corrected chi connectivity index (χ3v) is 4.42. The van der Waals surface area contributed by atoms with E-state index in [0.29, 0.717) is 5.92 Å². The molecule has 98 valence electrons. The summed E-state index contributed by atoms with van der Waals surface area (Å²) in [6.07, 6.45) is 10.5. The molecule has 0 aromatic carbocycles. The Kier molecular flexibility index (Phi) is 2.37. The van der Waals surface area contributed by atoms with Crippen molar-refractivity contribution in [1.29, 1.82) is 0 Å². The standard InChI is InChI=1S/C15H18N4/c1-19-14-12(9-17-19)11-7-8-16-15(11)18-13(14)10-5-3-2-4-6-10/h7-10H,2-6H2,1H3,(H,16,18). The fraction of sp³-hybridized carbons (Fsp3) is 0.467. The number of fused-ring (bicyclic) bond motifs is 3. The summed E-state index contributed by atoms with van der Waals surface area (Å²) in [6.45, 7) is 0. The van der Waals surface area contributed by atoms with Crippen molar-refractivity contribution in [2.45, 2.75) is 38.0 Å². The lowest BCUT2D eigenvalue weighted by molar-refractivity contribution is 0.438. The highest BCUT2D eigenvalue weighted by Gasteiger charge is 2.22. The molecule has 0 saturated heterocycles. The molecule has 4 nitrogen and oxygen atoms in total. The van der Waals surface area contributed by atoms with Crippen LogP contribution in [0.5, 0.6) is 0 Å². The highest BCUT2D eigenvalue weighted by molar-refractivity contribution is 6.04. The van der Waals surface area contributed by atoms with Crippen LogP contribution < -0.4 is 0 Å². The molecule has 0 spiro atoms. The van der Waals surface area contributed by atoms with Crippen LogP contribution in [0.1, 0.15) is 43.7 Å². The Morgan fingerprint density at radius 3 is 2.89 bits per heavy atom. The van der Waals surface area contributed by atoms with E-state index in [0.717, 1.165) is 5.65 Å². The summed E-state index contributed by atoms with van der Waals surface area (Å²) >= 11 is 0. The van der Waals surface area contributed by atoms with Crippen LogP contribution in [-0.2, 0) is 7.05 Å². The third-order valence-electron chi connectivity index (χ3n) is 4.42. The van der Waals surface area contributed by atoms with E-state index in [2.05, 4.69) is 16.1 Å². The molecule has 1 N–H and O–H groups in total. The minimum absolute atomic E-state index is 0.597. The highest BCUT2D eigenvalue weighted by Crippen LogP contribution is 2.37. The first-order valence-electron chi connectivity index (χ1n) is 7.13. The van der Waals surface area contributed by atoms with Crippen LogP contribution in [-0.4, -0.2) is 19.7 Å². The van der Waals surface area contributed by atoms with Gasteiger partial charge in [-0.3, -0.25) is 4.68 Å². The van der Waals surface area contributed by atoms with Crippen molar-refractivity contribution < 1.29 is 0 Å². The van der Waals surface area contributed by atoms with E-state index in [-0.39, 0.29) is 0 Å². The Labute approximate surface area is 111 Å². The van der Waals surface area contributed by atoms with Crippen molar-refractivity contribution in [3.8, 4) is 0 Å². The SMILES string of the molecule is Cn1ncc2c3cc[nH]c3nc(C3CCCCC3)c21. The number of aryl methyl sites for hydroxylation is 1. The van der Waals surface area contributed by atoms with Crippen LogP contribution in [0.15, 0.2) is 18.5 Å². The van der Waals surface area contributed by atoms with E-state index >= 15 is 0 Å². The maximum absolute atomic E-state index is 4.90. The summed E-state index contributed by atoms with van der Waals surface area (Å²) in [7, 11) is 2.02. The Hall–Kier alpha value is -1.84. The van der Waals surface area contributed by atoms with Crippen LogP contribution in [0, 0.1) is 0 Å².